The van der Waals surface area contributed by atoms with E-state index in [0.717, 1.165) is 24.5 Å². The van der Waals surface area contributed by atoms with Crippen molar-refractivity contribution >= 4 is 23.3 Å². The van der Waals surface area contributed by atoms with Crippen molar-refractivity contribution in [3.05, 3.63) is 59.2 Å². The Balaban J connectivity index is 1.41. The monoisotopic (exact) mass is 371 g/mol. The third-order valence-corrected chi connectivity index (χ3v) is 5.31. The molecule has 0 bridgehead atoms. The first kappa shape index (κ1) is 17.3. The summed E-state index contributed by atoms with van der Waals surface area (Å²) in [5.74, 6) is 1.03. The van der Waals surface area contributed by atoms with E-state index in [9.17, 15) is 4.79 Å². The molecule has 2 saturated heterocycles. The van der Waals surface area contributed by atoms with Gasteiger partial charge in [0, 0.05) is 43.9 Å². The molecule has 1 amide bonds. The van der Waals surface area contributed by atoms with E-state index >= 15 is 0 Å². The summed E-state index contributed by atoms with van der Waals surface area (Å²) < 4.78 is 0. The SMILES string of the molecule is O=C(C1CNNC1c1cccc(Cl)c1)N1CCN(c2ccccn2)CC1. The van der Waals surface area contributed by atoms with Crippen molar-refractivity contribution in [2.75, 3.05) is 37.6 Å². The van der Waals surface area contributed by atoms with E-state index in [1.54, 1.807) is 6.20 Å². The molecule has 0 saturated carbocycles. The number of carbonyl (C=O) groups is 1. The average Bonchev–Trinajstić information content (AvgIpc) is 3.18. The highest BCUT2D eigenvalue weighted by atomic mass is 35.5. The maximum Gasteiger partial charge on any atom is 0.229 e. The van der Waals surface area contributed by atoms with Gasteiger partial charge in [0.05, 0.1) is 12.0 Å². The van der Waals surface area contributed by atoms with E-state index in [-0.39, 0.29) is 17.9 Å². The number of carbonyl (C=O) groups excluding carboxylic acids is 1. The molecule has 2 atom stereocenters. The zero-order valence-electron chi connectivity index (χ0n) is 14.4. The zero-order chi connectivity index (χ0) is 17.9. The van der Waals surface area contributed by atoms with Crippen LogP contribution in [0.1, 0.15) is 11.6 Å². The van der Waals surface area contributed by atoms with Crippen molar-refractivity contribution < 1.29 is 4.79 Å². The smallest absolute Gasteiger partial charge is 0.229 e. The van der Waals surface area contributed by atoms with Crippen LogP contribution < -0.4 is 15.8 Å². The largest absolute Gasteiger partial charge is 0.353 e. The summed E-state index contributed by atoms with van der Waals surface area (Å²) in [6, 6.07) is 13.6. The molecule has 2 fully saturated rings. The Morgan fingerprint density at radius 3 is 2.69 bits per heavy atom. The van der Waals surface area contributed by atoms with Crippen molar-refractivity contribution in [1.82, 2.24) is 20.7 Å². The highest BCUT2D eigenvalue weighted by Crippen LogP contribution is 2.28. The molecule has 0 aliphatic carbocycles. The first-order valence-corrected chi connectivity index (χ1v) is 9.29. The fourth-order valence-corrected chi connectivity index (χ4v) is 3.87. The third-order valence-electron chi connectivity index (χ3n) is 5.07. The highest BCUT2D eigenvalue weighted by molar-refractivity contribution is 6.30. The van der Waals surface area contributed by atoms with Crippen LogP contribution in [0.15, 0.2) is 48.7 Å². The average molecular weight is 372 g/mol. The van der Waals surface area contributed by atoms with Gasteiger partial charge in [0.25, 0.3) is 0 Å². The number of pyridine rings is 1. The van der Waals surface area contributed by atoms with Crippen LogP contribution in [0, 0.1) is 5.92 Å². The lowest BCUT2D eigenvalue weighted by Crippen LogP contribution is -2.51. The molecule has 136 valence electrons. The van der Waals surface area contributed by atoms with Crippen LogP contribution in [0.4, 0.5) is 5.82 Å². The molecular formula is C19H22ClN5O. The fourth-order valence-electron chi connectivity index (χ4n) is 3.67. The van der Waals surface area contributed by atoms with Gasteiger partial charge in [-0.1, -0.05) is 29.8 Å². The van der Waals surface area contributed by atoms with Crippen molar-refractivity contribution in [3.8, 4) is 0 Å². The number of benzene rings is 1. The Kier molecular flexibility index (Phi) is 5.06. The molecule has 2 N–H and O–H groups in total. The van der Waals surface area contributed by atoms with E-state index in [2.05, 4.69) is 20.7 Å². The van der Waals surface area contributed by atoms with Gasteiger partial charge in [-0.05, 0) is 29.8 Å². The Morgan fingerprint density at radius 2 is 1.96 bits per heavy atom. The number of anilines is 1. The van der Waals surface area contributed by atoms with Crippen molar-refractivity contribution in [2.45, 2.75) is 6.04 Å². The molecule has 0 spiro atoms. The first-order chi connectivity index (χ1) is 12.7. The first-order valence-electron chi connectivity index (χ1n) is 8.91. The zero-order valence-corrected chi connectivity index (χ0v) is 15.2. The molecule has 2 unspecified atom stereocenters. The minimum absolute atomic E-state index is 0.0602. The molecular weight excluding hydrogens is 350 g/mol. The molecule has 6 nitrogen and oxygen atoms in total. The third kappa shape index (κ3) is 3.53. The molecule has 7 heteroatoms. The quantitative estimate of drug-likeness (QED) is 0.862. The van der Waals surface area contributed by atoms with E-state index in [4.69, 9.17) is 11.6 Å². The molecule has 4 rings (SSSR count). The second-order valence-electron chi connectivity index (χ2n) is 6.66. The number of hydrazine groups is 1. The van der Waals surface area contributed by atoms with Gasteiger partial charge in [0.1, 0.15) is 5.82 Å². The minimum Gasteiger partial charge on any atom is -0.353 e. The topological polar surface area (TPSA) is 60.5 Å². The van der Waals surface area contributed by atoms with Crippen LogP contribution in [0.2, 0.25) is 5.02 Å². The Hall–Kier alpha value is -2.15. The van der Waals surface area contributed by atoms with Crippen LogP contribution in [-0.2, 0) is 4.79 Å². The number of hydrogen-bond acceptors (Lipinski definition) is 5. The molecule has 2 aliphatic rings. The number of rotatable bonds is 3. The number of hydrogen-bond donors (Lipinski definition) is 2. The molecule has 2 aromatic rings. The number of halogens is 1. The predicted molar refractivity (Wildman–Crippen MR) is 102 cm³/mol. The van der Waals surface area contributed by atoms with Crippen molar-refractivity contribution in [2.24, 2.45) is 5.92 Å². The number of amides is 1. The van der Waals surface area contributed by atoms with Crippen molar-refractivity contribution in [3.63, 3.8) is 0 Å². The summed E-state index contributed by atoms with van der Waals surface area (Å²) in [5, 5.41) is 0.686. The Labute approximate surface area is 158 Å². The molecule has 2 aliphatic heterocycles. The van der Waals surface area contributed by atoms with Gasteiger partial charge in [-0.15, -0.1) is 0 Å². The highest BCUT2D eigenvalue weighted by Gasteiger charge is 2.37. The fraction of sp³-hybridized carbons (Fsp3) is 0.368. The van der Waals surface area contributed by atoms with E-state index in [0.29, 0.717) is 24.7 Å². The maximum absolute atomic E-state index is 13.1. The minimum atomic E-state index is -0.130. The summed E-state index contributed by atoms with van der Waals surface area (Å²) in [6.45, 7) is 3.66. The summed E-state index contributed by atoms with van der Waals surface area (Å²) in [6.07, 6.45) is 1.80. The number of nitrogens with one attached hydrogen (secondary N) is 2. The standard InChI is InChI=1S/C19H22ClN5O/c20-15-5-3-4-14(12-15)18-16(13-22-23-18)19(26)25-10-8-24(9-11-25)17-6-1-2-7-21-17/h1-7,12,16,18,22-23H,8-11,13H2. The van der Waals surface area contributed by atoms with Crippen LogP contribution in [0.3, 0.4) is 0 Å². The van der Waals surface area contributed by atoms with Gasteiger partial charge in [-0.3, -0.25) is 10.2 Å². The van der Waals surface area contributed by atoms with Gasteiger partial charge in [-0.25, -0.2) is 10.4 Å². The van der Waals surface area contributed by atoms with E-state index < -0.39 is 0 Å². The normalized spacial score (nSPS) is 23.3. The second-order valence-corrected chi connectivity index (χ2v) is 7.10. The van der Waals surface area contributed by atoms with Crippen LogP contribution >= 0.6 is 11.6 Å². The van der Waals surface area contributed by atoms with Crippen molar-refractivity contribution in [1.29, 1.82) is 0 Å². The van der Waals surface area contributed by atoms with Crippen LogP contribution in [0.25, 0.3) is 0 Å². The Bertz CT molecular complexity index is 764. The van der Waals surface area contributed by atoms with Gasteiger partial charge in [0.15, 0.2) is 0 Å². The van der Waals surface area contributed by atoms with Gasteiger partial charge >= 0.3 is 0 Å². The lowest BCUT2D eigenvalue weighted by molar-refractivity contribution is -0.135. The van der Waals surface area contributed by atoms with E-state index in [1.807, 2.05) is 47.4 Å². The lowest BCUT2D eigenvalue weighted by atomic mass is 9.93. The molecule has 1 aromatic carbocycles. The number of piperazine rings is 1. The summed E-state index contributed by atoms with van der Waals surface area (Å²) >= 11 is 6.12. The van der Waals surface area contributed by atoms with Gasteiger partial charge in [-0.2, -0.15) is 0 Å². The maximum atomic E-state index is 13.1. The molecule has 1 aromatic heterocycles. The van der Waals surface area contributed by atoms with Gasteiger partial charge < -0.3 is 9.80 Å². The molecule has 0 radical (unpaired) electrons. The molecule has 26 heavy (non-hydrogen) atoms. The summed E-state index contributed by atoms with van der Waals surface area (Å²) in [5.41, 5.74) is 7.40. The summed E-state index contributed by atoms with van der Waals surface area (Å²) in [4.78, 5) is 21.7. The predicted octanol–water partition coefficient (Wildman–Crippen LogP) is 1.85. The van der Waals surface area contributed by atoms with E-state index in [1.165, 1.54) is 0 Å². The number of nitrogens with zero attached hydrogens (tertiary/aromatic N) is 3. The molecule has 3 heterocycles. The Morgan fingerprint density at radius 1 is 1.12 bits per heavy atom. The summed E-state index contributed by atoms with van der Waals surface area (Å²) in [7, 11) is 0. The van der Waals surface area contributed by atoms with Gasteiger partial charge in [0.2, 0.25) is 5.91 Å². The van der Waals surface area contributed by atoms with Crippen LogP contribution in [0.5, 0.6) is 0 Å². The van der Waals surface area contributed by atoms with Crippen LogP contribution in [-0.4, -0.2) is 48.5 Å². The lowest BCUT2D eigenvalue weighted by Gasteiger charge is -2.37. The second kappa shape index (κ2) is 7.61. The number of aromatic nitrogens is 1.